The number of nitrogens with zero attached hydrogens (tertiary/aromatic N) is 1. The van der Waals surface area contributed by atoms with Crippen LogP contribution in [0.15, 0.2) is 42.5 Å². The Morgan fingerprint density at radius 3 is 2.10 bits per heavy atom. The van der Waals surface area contributed by atoms with E-state index in [4.69, 9.17) is 0 Å². The summed E-state index contributed by atoms with van der Waals surface area (Å²) in [6.45, 7) is 6.38. The van der Waals surface area contributed by atoms with Crippen LogP contribution in [0.4, 0.5) is 11.4 Å². The van der Waals surface area contributed by atoms with E-state index in [0.29, 0.717) is 17.8 Å². The van der Waals surface area contributed by atoms with Crippen molar-refractivity contribution in [3.63, 3.8) is 0 Å². The number of nitrogens with one attached hydrogen (secondary N) is 3. The minimum absolute atomic E-state index is 0.0472. The smallest absolute Gasteiger partial charge is 0.251 e. The van der Waals surface area contributed by atoms with Gasteiger partial charge in [0, 0.05) is 23.5 Å². The number of anilines is 2. The predicted octanol–water partition coefficient (Wildman–Crippen LogP) is 2.56. The molecular weight excluding hydrogens is 368 g/mol. The molecule has 0 aliphatic rings. The fraction of sp³-hybridized carbons (Fsp3) is 0.318. The van der Waals surface area contributed by atoms with E-state index in [1.54, 1.807) is 36.2 Å². The molecule has 3 N–H and O–H groups in total. The molecule has 0 saturated heterocycles. The number of carbonyl (C=O) groups excluding carboxylic acids is 3. The van der Waals surface area contributed by atoms with E-state index >= 15 is 0 Å². The number of carbonyl (C=O) groups is 3. The normalized spacial score (nSPS) is 10.5. The zero-order valence-electron chi connectivity index (χ0n) is 17.3. The van der Waals surface area contributed by atoms with Crippen molar-refractivity contribution in [2.45, 2.75) is 20.8 Å². The molecule has 0 aliphatic carbocycles. The molecule has 0 aliphatic heterocycles. The van der Waals surface area contributed by atoms with Gasteiger partial charge < -0.3 is 16.0 Å². The number of aryl methyl sites for hydroxylation is 2. The molecule has 3 amide bonds. The van der Waals surface area contributed by atoms with Crippen LogP contribution in [0.3, 0.4) is 0 Å². The van der Waals surface area contributed by atoms with Crippen LogP contribution >= 0.6 is 0 Å². The van der Waals surface area contributed by atoms with Crippen LogP contribution < -0.4 is 16.0 Å². The molecule has 2 rings (SSSR count). The lowest BCUT2D eigenvalue weighted by atomic mass is 10.1. The van der Waals surface area contributed by atoms with E-state index in [1.165, 1.54) is 0 Å². The highest BCUT2D eigenvalue weighted by atomic mass is 16.2. The number of benzene rings is 2. The Balaban J connectivity index is 1.88. The molecule has 2 aromatic carbocycles. The maximum absolute atomic E-state index is 12.3. The standard InChI is InChI=1S/C22H28N4O3/c1-5-23-22(29)17-10-7-11-18(12-17)24-19(27)13-26(4)14-20(28)25-21-15(2)8-6-9-16(21)3/h6-12H,5,13-14H2,1-4H3,(H,23,29)(H,24,27)(H,25,28). The summed E-state index contributed by atoms with van der Waals surface area (Å²) in [4.78, 5) is 38.1. The third-order valence-electron chi connectivity index (χ3n) is 4.32. The van der Waals surface area contributed by atoms with Gasteiger partial charge in [0.15, 0.2) is 0 Å². The molecular formula is C22H28N4O3. The second-order valence-electron chi connectivity index (χ2n) is 6.98. The van der Waals surface area contributed by atoms with Gasteiger partial charge in [-0.15, -0.1) is 0 Å². The number of hydrogen-bond acceptors (Lipinski definition) is 4. The van der Waals surface area contributed by atoms with Crippen LogP contribution in [-0.2, 0) is 9.59 Å². The Hall–Kier alpha value is -3.19. The lowest BCUT2D eigenvalue weighted by molar-refractivity contribution is -0.119. The first-order valence-corrected chi connectivity index (χ1v) is 9.53. The zero-order valence-corrected chi connectivity index (χ0v) is 17.3. The average Bonchev–Trinajstić information content (AvgIpc) is 2.65. The van der Waals surface area contributed by atoms with E-state index < -0.39 is 0 Å². The summed E-state index contributed by atoms with van der Waals surface area (Å²) in [5.74, 6) is -0.639. The van der Waals surface area contributed by atoms with Gasteiger partial charge in [0.05, 0.1) is 13.1 Å². The van der Waals surface area contributed by atoms with Crippen molar-refractivity contribution in [2.24, 2.45) is 0 Å². The van der Waals surface area contributed by atoms with Crippen LogP contribution in [0.25, 0.3) is 0 Å². The van der Waals surface area contributed by atoms with E-state index in [9.17, 15) is 14.4 Å². The molecule has 7 heteroatoms. The molecule has 0 bridgehead atoms. The Bertz CT molecular complexity index is 875. The monoisotopic (exact) mass is 396 g/mol. The minimum Gasteiger partial charge on any atom is -0.352 e. The van der Waals surface area contributed by atoms with E-state index in [0.717, 1.165) is 16.8 Å². The Kier molecular flexibility index (Phi) is 7.91. The summed E-state index contributed by atoms with van der Waals surface area (Å²) in [5.41, 5.74) is 3.80. The summed E-state index contributed by atoms with van der Waals surface area (Å²) >= 11 is 0. The lowest BCUT2D eigenvalue weighted by Gasteiger charge is -2.17. The molecule has 29 heavy (non-hydrogen) atoms. The van der Waals surface area contributed by atoms with Crippen molar-refractivity contribution in [2.75, 3.05) is 37.3 Å². The van der Waals surface area contributed by atoms with Crippen molar-refractivity contribution >= 4 is 29.1 Å². The number of rotatable bonds is 8. The summed E-state index contributed by atoms with van der Waals surface area (Å²) in [7, 11) is 1.70. The van der Waals surface area contributed by atoms with Gasteiger partial charge in [-0.05, 0) is 57.1 Å². The van der Waals surface area contributed by atoms with Crippen molar-refractivity contribution in [3.05, 3.63) is 59.2 Å². The maximum atomic E-state index is 12.3. The third-order valence-corrected chi connectivity index (χ3v) is 4.32. The second-order valence-corrected chi connectivity index (χ2v) is 6.98. The Labute approximate surface area is 171 Å². The molecule has 0 fully saturated rings. The van der Waals surface area contributed by atoms with Gasteiger partial charge in [-0.1, -0.05) is 24.3 Å². The van der Waals surface area contributed by atoms with Crippen LogP contribution in [-0.4, -0.2) is 49.3 Å². The van der Waals surface area contributed by atoms with E-state index in [-0.39, 0.29) is 30.8 Å². The van der Waals surface area contributed by atoms with E-state index in [1.807, 2.05) is 39.0 Å². The van der Waals surface area contributed by atoms with Crippen LogP contribution in [0.1, 0.15) is 28.4 Å². The molecule has 0 radical (unpaired) electrons. The summed E-state index contributed by atoms with van der Waals surface area (Å²) in [5, 5.41) is 8.39. The molecule has 0 aromatic heterocycles. The molecule has 0 unspecified atom stereocenters. The fourth-order valence-corrected chi connectivity index (χ4v) is 2.94. The molecule has 0 atom stereocenters. The number of amides is 3. The zero-order chi connectivity index (χ0) is 21.4. The van der Waals surface area contributed by atoms with Gasteiger partial charge in [0.2, 0.25) is 11.8 Å². The first-order chi connectivity index (χ1) is 13.8. The van der Waals surface area contributed by atoms with E-state index in [2.05, 4.69) is 16.0 Å². The summed E-state index contributed by atoms with van der Waals surface area (Å²) in [6.07, 6.45) is 0. The van der Waals surface area contributed by atoms with Crippen LogP contribution in [0.2, 0.25) is 0 Å². The SMILES string of the molecule is CCNC(=O)c1cccc(NC(=O)CN(C)CC(=O)Nc2c(C)cccc2C)c1. The highest BCUT2D eigenvalue weighted by Crippen LogP contribution is 2.19. The van der Waals surface area contributed by atoms with Crippen molar-refractivity contribution in [1.29, 1.82) is 0 Å². The van der Waals surface area contributed by atoms with Gasteiger partial charge in [-0.3, -0.25) is 19.3 Å². The minimum atomic E-state index is -0.263. The topological polar surface area (TPSA) is 90.5 Å². The van der Waals surface area contributed by atoms with Gasteiger partial charge in [0.1, 0.15) is 0 Å². The first-order valence-electron chi connectivity index (χ1n) is 9.53. The van der Waals surface area contributed by atoms with Gasteiger partial charge in [-0.2, -0.15) is 0 Å². The largest absolute Gasteiger partial charge is 0.352 e. The molecule has 154 valence electrons. The molecule has 0 spiro atoms. The van der Waals surface area contributed by atoms with Crippen molar-refractivity contribution < 1.29 is 14.4 Å². The van der Waals surface area contributed by atoms with Crippen LogP contribution in [0.5, 0.6) is 0 Å². The molecule has 0 saturated carbocycles. The number of hydrogen-bond donors (Lipinski definition) is 3. The molecule has 2 aromatic rings. The van der Waals surface area contributed by atoms with Crippen molar-refractivity contribution in [3.8, 4) is 0 Å². The van der Waals surface area contributed by atoms with Crippen molar-refractivity contribution in [1.82, 2.24) is 10.2 Å². The lowest BCUT2D eigenvalue weighted by Crippen LogP contribution is -2.36. The average molecular weight is 396 g/mol. The summed E-state index contributed by atoms with van der Waals surface area (Å²) in [6, 6.07) is 12.6. The van der Waals surface area contributed by atoms with Gasteiger partial charge in [-0.25, -0.2) is 0 Å². The highest BCUT2D eigenvalue weighted by Gasteiger charge is 2.13. The predicted molar refractivity (Wildman–Crippen MR) is 115 cm³/mol. The Morgan fingerprint density at radius 1 is 0.897 bits per heavy atom. The second kappa shape index (κ2) is 10.4. The van der Waals surface area contributed by atoms with Gasteiger partial charge >= 0.3 is 0 Å². The third kappa shape index (κ3) is 6.73. The number of likely N-dealkylation sites (N-methyl/N-ethyl adjacent to an activating group) is 1. The maximum Gasteiger partial charge on any atom is 0.251 e. The quantitative estimate of drug-likeness (QED) is 0.640. The fourth-order valence-electron chi connectivity index (χ4n) is 2.94. The van der Waals surface area contributed by atoms with Crippen LogP contribution in [0, 0.1) is 13.8 Å². The molecule has 7 nitrogen and oxygen atoms in total. The molecule has 0 heterocycles. The highest BCUT2D eigenvalue weighted by molar-refractivity contribution is 5.98. The van der Waals surface area contributed by atoms with Gasteiger partial charge in [0.25, 0.3) is 5.91 Å². The first kappa shape index (κ1) is 22.1. The summed E-state index contributed by atoms with van der Waals surface area (Å²) < 4.78 is 0. The Morgan fingerprint density at radius 2 is 1.48 bits per heavy atom. The number of para-hydroxylation sites is 1.